The Morgan fingerprint density at radius 2 is 1.84 bits per heavy atom. The molecule has 1 aromatic heterocycles. The number of carbonyl (C=O) groups excluding carboxylic acids is 1. The number of methoxy groups -OCH3 is 1. The lowest BCUT2D eigenvalue weighted by Crippen LogP contribution is -2.32. The van der Waals surface area contributed by atoms with Crippen molar-refractivity contribution < 1.29 is 36.7 Å². The summed E-state index contributed by atoms with van der Waals surface area (Å²) >= 11 is 0. The van der Waals surface area contributed by atoms with Gasteiger partial charge in [-0.3, -0.25) is 4.90 Å². The van der Waals surface area contributed by atoms with Crippen molar-refractivity contribution in [3.63, 3.8) is 0 Å². The van der Waals surface area contributed by atoms with E-state index in [2.05, 4.69) is 19.8 Å². The molecule has 11 nitrogen and oxygen atoms in total. The highest BCUT2D eigenvalue weighted by Gasteiger charge is 2.25. The van der Waals surface area contributed by atoms with Crippen LogP contribution in [0.4, 0.5) is 0 Å². The van der Waals surface area contributed by atoms with Crippen molar-refractivity contribution in [3.05, 3.63) is 71.4 Å². The Kier molecular flexibility index (Phi) is 11.6. The molecule has 1 aliphatic heterocycles. The Morgan fingerprint density at radius 1 is 1.07 bits per heavy atom. The molecule has 0 aliphatic carbocycles. The summed E-state index contributed by atoms with van der Waals surface area (Å²) in [6.45, 7) is 5.49. The zero-order valence-electron chi connectivity index (χ0n) is 24.9. The average molecular weight is 614 g/mol. The van der Waals surface area contributed by atoms with Gasteiger partial charge < -0.3 is 23.5 Å². The normalized spacial score (nSPS) is 14.6. The fraction of sp³-hybridized carbons (Fsp3) is 0.452. The summed E-state index contributed by atoms with van der Waals surface area (Å²) < 4.78 is 50.2. The van der Waals surface area contributed by atoms with Gasteiger partial charge >= 0.3 is 5.97 Å². The molecule has 0 unspecified atom stereocenters. The summed E-state index contributed by atoms with van der Waals surface area (Å²) in [6, 6.07) is 13.2. The van der Waals surface area contributed by atoms with Gasteiger partial charge in [-0.05, 0) is 80.7 Å². The van der Waals surface area contributed by atoms with Crippen LogP contribution < -0.4 is 14.2 Å². The van der Waals surface area contributed by atoms with E-state index in [1.807, 2.05) is 49.4 Å². The zero-order valence-corrected chi connectivity index (χ0v) is 25.7. The quantitative estimate of drug-likeness (QED) is 0.137. The molecule has 2 heterocycles. The van der Waals surface area contributed by atoms with Crippen LogP contribution in [-0.2, 0) is 32.5 Å². The van der Waals surface area contributed by atoms with Crippen LogP contribution in [0.1, 0.15) is 54.9 Å². The third kappa shape index (κ3) is 10.4. The number of esters is 1. The van der Waals surface area contributed by atoms with Crippen molar-refractivity contribution in [1.29, 1.82) is 0 Å². The lowest BCUT2D eigenvalue weighted by molar-refractivity contribution is -0.134. The number of likely N-dealkylation sites (tertiary alicyclic amines) is 1. The molecule has 232 valence electrons. The minimum Gasteiger partial charge on any atom is -0.490 e. The van der Waals surface area contributed by atoms with Crippen LogP contribution in [0, 0.1) is 0 Å². The summed E-state index contributed by atoms with van der Waals surface area (Å²) in [6.07, 6.45) is 6.53. The third-order valence-corrected chi connectivity index (χ3v) is 7.95. The van der Waals surface area contributed by atoms with Gasteiger partial charge in [0, 0.05) is 24.8 Å². The second-order valence-corrected chi connectivity index (χ2v) is 12.6. The summed E-state index contributed by atoms with van der Waals surface area (Å²) in [5, 5.41) is 4.21. The second-order valence-electron chi connectivity index (χ2n) is 10.4. The van der Waals surface area contributed by atoms with Crippen molar-refractivity contribution in [2.24, 2.45) is 0 Å². The number of ether oxygens (including phenoxy) is 4. The summed E-state index contributed by atoms with van der Waals surface area (Å²) in [7, 11) is -1.67. The molecule has 0 radical (unpaired) electrons. The number of piperidine rings is 1. The molecule has 4 rings (SSSR count). The van der Waals surface area contributed by atoms with Gasteiger partial charge in [0.2, 0.25) is 0 Å². The zero-order chi connectivity index (χ0) is 30.7. The highest BCUT2D eigenvalue weighted by Crippen LogP contribution is 2.31. The van der Waals surface area contributed by atoms with Gasteiger partial charge in [-0.15, -0.1) is 0 Å². The van der Waals surface area contributed by atoms with Gasteiger partial charge in [0.05, 0.1) is 26.1 Å². The Morgan fingerprint density at radius 3 is 2.53 bits per heavy atom. The molecule has 12 heteroatoms. The van der Waals surface area contributed by atoms with Crippen LogP contribution in [0.2, 0.25) is 0 Å². The number of rotatable bonds is 15. The van der Waals surface area contributed by atoms with Crippen LogP contribution >= 0.6 is 0 Å². The molecule has 1 fully saturated rings. The Labute approximate surface area is 252 Å². The molecule has 2 aromatic carbocycles. The Balaban J connectivity index is 1.23. The number of carbonyl (C=O) groups is 1. The predicted molar refractivity (Wildman–Crippen MR) is 161 cm³/mol. The average Bonchev–Trinajstić information content (AvgIpc) is 3.47. The SMILES string of the molecule is CCOc1cc(CN2CCC(c3noc(COc4ccc(C=CC(=O)OC)cc4)n3)CC2)ccc1OCCCS(C)(=O)=O. The van der Waals surface area contributed by atoms with Crippen LogP contribution in [-0.4, -0.2) is 74.8 Å². The molecule has 43 heavy (non-hydrogen) atoms. The molecule has 3 aromatic rings. The molecule has 0 atom stereocenters. The molecule has 0 bridgehead atoms. The van der Waals surface area contributed by atoms with E-state index in [0.29, 0.717) is 48.6 Å². The lowest BCUT2D eigenvalue weighted by atomic mass is 9.96. The summed E-state index contributed by atoms with van der Waals surface area (Å²) in [5.74, 6) is 2.98. The van der Waals surface area contributed by atoms with Gasteiger partial charge in [0.15, 0.2) is 23.9 Å². The van der Waals surface area contributed by atoms with E-state index in [9.17, 15) is 13.2 Å². The first-order chi connectivity index (χ1) is 20.7. The van der Waals surface area contributed by atoms with Gasteiger partial charge in [0.1, 0.15) is 15.6 Å². The molecule has 1 aliphatic rings. The van der Waals surface area contributed by atoms with E-state index in [0.717, 1.165) is 43.6 Å². The molecule has 0 saturated carbocycles. The van der Waals surface area contributed by atoms with E-state index < -0.39 is 15.8 Å². The smallest absolute Gasteiger partial charge is 0.330 e. The largest absolute Gasteiger partial charge is 0.490 e. The van der Waals surface area contributed by atoms with E-state index in [1.165, 1.54) is 19.4 Å². The fourth-order valence-corrected chi connectivity index (χ4v) is 5.34. The molecule has 1 saturated heterocycles. The van der Waals surface area contributed by atoms with Crippen LogP contribution in [0.5, 0.6) is 17.2 Å². The maximum Gasteiger partial charge on any atom is 0.330 e. The van der Waals surface area contributed by atoms with Crippen molar-refractivity contribution in [2.75, 3.05) is 45.4 Å². The van der Waals surface area contributed by atoms with Gasteiger partial charge in [-0.1, -0.05) is 23.4 Å². The monoisotopic (exact) mass is 613 g/mol. The van der Waals surface area contributed by atoms with Gasteiger partial charge in [-0.25, -0.2) is 13.2 Å². The minimum absolute atomic E-state index is 0.0956. The fourth-order valence-electron chi connectivity index (χ4n) is 4.69. The van der Waals surface area contributed by atoms with Crippen LogP contribution in [0.25, 0.3) is 6.08 Å². The third-order valence-electron chi connectivity index (χ3n) is 6.92. The summed E-state index contributed by atoms with van der Waals surface area (Å²) in [5.41, 5.74) is 1.97. The van der Waals surface area contributed by atoms with Crippen LogP contribution in [0.15, 0.2) is 53.1 Å². The number of hydrogen-bond acceptors (Lipinski definition) is 11. The number of sulfone groups is 1. The van der Waals surface area contributed by atoms with Gasteiger partial charge in [-0.2, -0.15) is 4.98 Å². The van der Waals surface area contributed by atoms with E-state index in [-0.39, 0.29) is 18.3 Å². The predicted octanol–water partition coefficient (Wildman–Crippen LogP) is 4.43. The molecule has 0 N–H and O–H groups in total. The molecule has 0 amide bonds. The highest BCUT2D eigenvalue weighted by molar-refractivity contribution is 7.90. The first-order valence-electron chi connectivity index (χ1n) is 14.3. The molecule has 0 spiro atoms. The van der Waals surface area contributed by atoms with Crippen molar-refractivity contribution in [2.45, 2.75) is 45.3 Å². The van der Waals surface area contributed by atoms with Gasteiger partial charge in [0.25, 0.3) is 5.89 Å². The Bertz CT molecular complexity index is 1460. The molecular weight excluding hydrogens is 574 g/mol. The first kappa shape index (κ1) is 32.0. The first-order valence-corrected chi connectivity index (χ1v) is 16.4. The topological polar surface area (TPSA) is 130 Å². The number of hydrogen-bond donors (Lipinski definition) is 0. The standard InChI is InChI=1S/C31H39N3O8S/c1-4-39-28-20-24(8-12-27(28)40-18-5-19-43(3,36)37)21-34-16-14-25(15-17-34)31-32-29(42-33-31)22-41-26-10-6-23(7-11-26)9-13-30(35)38-2/h6-13,20,25H,4-5,14-19,21-22H2,1-3H3. The second kappa shape index (κ2) is 15.5. The Hall–Kier alpha value is -3.90. The maximum atomic E-state index is 11.4. The number of nitrogens with zero attached hydrogens (tertiary/aromatic N) is 3. The van der Waals surface area contributed by atoms with E-state index in [4.69, 9.17) is 18.7 Å². The van der Waals surface area contributed by atoms with Crippen LogP contribution in [0.3, 0.4) is 0 Å². The lowest BCUT2D eigenvalue weighted by Gasteiger charge is -2.30. The minimum atomic E-state index is -3.01. The van der Waals surface area contributed by atoms with E-state index in [1.54, 1.807) is 6.08 Å². The molecular formula is C31H39N3O8S. The number of benzene rings is 2. The highest BCUT2D eigenvalue weighted by atomic mass is 32.2. The van der Waals surface area contributed by atoms with Crippen molar-refractivity contribution in [1.82, 2.24) is 15.0 Å². The van der Waals surface area contributed by atoms with Crippen molar-refractivity contribution in [3.8, 4) is 17.2 Å². The maximum absolute atomic E-state index is 11.4. The van der Waals surface area contributed by atoms with E-state index >= 15 is 0 Å². The number of aromatic nitrogens is 2. The summed E-state index contributed by atoms with van der Waals surface area (Å²) in [4.78, 5) is 18.2. The van der Waals surface area contributed by atoms with Crippen molar-refractivity contribution >= 4 is 21.9 Å².